The molecule has 0 N–H and O–H groups in total. The number of carbonyl (C=O) groups is 2. The van der Waals surface area contributed by atoms with Crippen molar-refractivity contribution in [2.75, 3.05) is 0 Å². The van der Waals surface area contributed by atoms with Gasteiger partial charge in [0, 0.05) is 13.0 Å². The van der Waals surface area contributed by atoms with Crippen LogP contribution in [0.1, 0.15) is 30.6 Å². The van der Waals surface area contributed by atoms with E-state index >= 15 is 0 Å². The molecule has 1 aliphatic rings. The molecule has 2 atom stereocenters. The summed E-state index contributed by atoms with van der Waals surface area (Å²) in [6, 6.07) is 5.56. The van der Waals surface area contributed by atoms with E-state index in [1.54, 1.807) is 23.9 Å². The smallest absolute Gasteiger partial charge is 0.347 e. The van der Waals surface area contributed by atoms with Gasteiger partial charge in [-0.25, -0.2) is 19.3 Å². The Morgan fingerprint density at radius 1 is 1.50 bits per heavy atom. The first-order chi connectivity index (χ1) is 12.6. The quantitative estimate of drug-likeness (QED) is 0.656. The molecule has 8 heteroatoms. The predicted octanol–water partition coefficient (Wildman–Crippen LogP) is 3.04. The average molecular weight is 371 g/mol. The Labute approximate surface area is 153 Å². The van der Waals surface area contributed by atoms with Crippen molar-refractivity contribution in [1.82, 2.24) is 14.8 Å². The summed E-state index contributed by atoms with van der Waals surface area (Å²) in [4.78, 5) is 30.2. The topological polar surface area (TPSA) is 83.3 Å². The van der Waals surface area contributed by atoms with Gasteiger partial charge in [-0.2, -0.15) is 5.10 Å². The van der Waals surface area contributed by atoms with Crippen LogP contribution in [-0.4, -0.2) is 38.9 Å². The molecule has 0 bridgehead atoms. The molecule has 26 heavy (non-hydrogen) atoms. The SMILES string of the molecule is CCn1ncc2c(C(=O)O[C@H]3C[C@H](C)OC3=O)cc(-c3cccs3)nc21. The van der Waals surface area contributed by atoms with Gasteiger partial charge < -0.3 is 9.47 Å². The molecule has 3 aromatic heterocycles. The van der Waals surface area contributed by atoms with Crippen LogP contribution >= 0.6 is 11.3 Å². The highest BCUT2D eigenvalue weighted by atomic mass is 32.1. The zero-order valence-corrected chi connectivity index (χ0v) is 15.2. The van der Waals surface area contributed by atoms with Gasteiger partial charge in [0.2, 0.25) is 6.10 Å². The Balaban J connectivity index is 1.76. The fourth-order valence-corrected chi connectivity index (χ4v) is 3.69. The third kappa shape index (κ3) is 2.86. The summed E-state index contributed by atoms with van der Waals surface area (Å²) in [7, 11) is 0. The van der Waals surface area contributed by atoms with Crippen LogP contribution < -0.4 is 0 Å². The Morgan fingerprint density at radius 2 is 2.35 bits per heavy atom. The van der Waals surface area contributed by atoms with E-state index in [0.717, 1.165) is 4.88 Å². The maximum Gasteiger partial charge on any atom is 0.347 e. The molecular weight excluding hydrogens is 354 g/mol. The zero-order valence-electron chi connectivity index (χ0n) is 14.3. The van der Waals surface area contributed by atoms with Gasteiger partial charge in [-0.15, -0.1) is 11.3 Å². The molecule has 0 aliphatic carbocycles. The van der Waals surface area contributed by atoms with E-state index in [-0.39, 0.29) is 6.10 Å². The monoisotopic (exact) mass is 371 g/mol. The number of ether oxygens (including phenoxy) is 2. The van der Waals surface area contributed by atoms with E-state index in [0.29, 0.717) is 35.3 Å². The largest absolute Gasteiger partial charge is 0.460 e. The van der Waals surface area contributed by atoms with Crippen molar-refractivity contribution in [3.8, 4) is 10.6 Å². The highest BCUT2D eigenvalue weighted by Gasteiger charge is 2.35. The fraction of sp³-hybridized carbons (Fsp3) is 0.333. The van der Waals surface area contributed by atoms with E-state index in [4.69, 9.17) is 9.47 Å². The second kappa shape index (κ2) is 6.53. The van der Waals surface area contributed by atoms with Crippen LogP contribution in [0.3, 0.4) is 0 Å². The fourth-order valence-electron chi connectivity index (χ4n) is 3.01. The third-order valence-corrected chi connectivity index (χ3v) is 5.17. The second-order valence-electron chi connectivity index (χ2n) is 6.11. The van der Waals surface area contributed by atoms with Gasteiger partial charge in [0.05, 0.1) is 27.7 Å². The van der Waals surface area contributed by atoms with Crippen LogP contribution in [0, 0.1) is 0 Å². The molecule has 1 saturated heterocycles. The molecule has 0 aromatic carbocycles. The number of cyclic esters (lactones) is 1. The number of aromatic nitrogens is 3. The normalized spacial score (nSPS) is 19.7. The first-order valence-corrected chi connectivity index (χ1v) is 9.26. The van der Waals surface area contributed by atoms with Crippen molar-refractivity contribution in [3.05, 3.63) is 35.3 Å². The van der Waals surface area contributed by atoms with Crippen LogP contribution in [0.4, 0.5) is 0 Å². The number of rotatable bonds is 4. The highest BCUT2D eigenvalue weighted by molar-refractivity contribution is 7.13. The number of esters is 2. The maximum atomic E-state index is 12.8. The molecule has 7 nitrogen and oxygen atoms in total. The predicted molar refractivity (Wildman–Crippen MR) is 95.9 cm³/mol. The van der Waals surface area contributed by atoms with Gasteiger partial charge in [0.1, 0.15) is 6.10 Å². The summed E-state index contributed by atoms with van der Waals surface area (Å²) in [6.07, 6.45) is 0.857. The summed E-state index contributed by atoms with van der Waals surface area (Å²) in [5.41, 5.74) is 1.65. The summed E-state index contributed by atoms with van der Waals surface area (Å²) in [5, 5.41) is 6.85. The molecule has 1 aliphatic heterocycles. The van der Waals surface area contributed by atoms with Crippen molar-refractivity contribution in [3.63, 3.8) is 0 Å². The lowest BCUT2D eigenvalue weighted by molar-refractivity contribution is -0.147. The van der Waals surface area contributed by atoms with E-state index in [1.807, 2.05) is 24.4 Å². The van der Waals surface area contributed by atoms with Crippen LogP contribution in [0.15, 0.2) is 29.8 Å². The van der Waals surface area contributed by atoms with Gasteiger partial charge in [-0.3, -0.25) is 0 Å². The molecule has 4 rings (SSSR count). The molecule has 0 unspecified atom stereocenters. The van der Waals surface area contributed by atoms with Crippen LogP contribution in [0.2, 0.25) is 0 Å². The van der Waals surface area contributed by atoms with Gasteiger partial charge >= 0.3 is 11.9 Å². The molecule has 0 spiro atoms. The number of hydrogen-bond acceptors (Lipinski definition) is 7. The minimum absolute atomic E-state index is 0.248. The summed E-state index contributed by atoms with van der Waals surface area (Å²) in [6.45, 7) is 4.36. The number of thiophene rings is 1. The van der Waals surface area contributed by atoms with Crippen molar-refractivity contribution in [2.45, 2.75) is 39.0 Å². The van der Waals surface area contributed by atoms with E-state index in [2.05, 4.69) is 10.1 Å². The molecule has 134 valence electrons. The van der Waals surface area contributed by atoms with Crippen molar-refractivity contribution >= 4 is 34.3 Å². The van der Waals surface area contributed by atoms with Crippen LogP contribution in [0.25, 0.3) is 21.6 Å². The molecule has 0 radical (unpaired) electrons. The van der Waals surface area contributed by atoms with Gasteiger partial charge in [0.15, 0.2) is 5.65 Å². The summed E-state index contributed by atoms with van der Waals surface area (Å²) < 4.78 is 12.2. The van der Waals surface area contributed by atoms with Crippen molar-refractivity contribution < 1.29 is 19.1 Å². The minimum Gasteiger partial charge on any atom is -0.460 e. The lowest BCUT2D eigenvalue weighted by Gasteiger charge is -2.10. The standard InChI is InChI=1S/C18H17N3O4S/c1-3-21-16-12(9-19-21)11(8-13(20-16)15-5-4-6-26-15)17(22)25-14-7-10(2)24-18(14)23/h4-6,8-10,14H,3,7H2,1-2H3/t10-,14-/m0/s1. The first-order valence-electron chi connectivity index (χ1n) is 8.38. The summed E-state index contributed by atoms with van der Waals surface area (Å²) >= 11 is 1.54. The lowest BCUT2D eigenvalue weighted by atomic mass is 10.1. The number of fused-ring (bicyclic) bond motifs is 1. The number of pyridine rings is 1. The van der Waals surface area contributed by atoms with Gasteiger partial charge in [-0.1, -0.05) is 6.07 Å². The minimum atomic E-state index is -0.868. The molecule has 1 fully saturated rings. The first kappa shape index (κ1) is 16.7. The number of carbonyl (C=O) groups excluding carboxylic acids is 2. The lowest BCUT2D eigenvalue weighted by Crippen LogP contribution is -2.23. The molecule has 4 heterocycles. The third-order valence-electron chi connectivity index (χ3n) is 4.28. The van der Waals surface area contributed by atoms with Crippen molar-refractivity contribution in [1.29, 1.82) is 0 Å². The van der Waals surface area contributed by atoms with Gasteiger partial charge in [-0.05, 0) is 31.4 Å². The Bertz CT molecular complexity index is 980. The number of hydrogen-bond donors (Lipinski definition) is 0. The molecular formula is C18H17N3O4S. The van der Waals surface area contributed by atoms with E-state index in [1.165, 1.54) is 11.3 Å². The Hall–Kier alpha value is -2.74. The number of aryl methyl sites for hydroxylation is 1. The molecule has 0 saturated carbocycles. The highest BCUT2D eigenvalue weighted by Crippen LogP contribution is 2.29. The Kier molecular flexibility index (Phi) is 4.20. The van der Waals surface area contributed by atoms with Crippen LogP contribution in [0.5, 0.6) is 0 Å². The number of nitrogens with zero attached hydrogens (tertiary/aromatic N) is 3. The van der Waals surface area contributed by atoms with Crippen LogP contribution in [-0.2, 0) is 20.8 Å². The second-order valence-corrected chi connectivity index (χ2v) is 7.05. The van der Waals surface area contributed by atoms with E-state index < -0.39 is 18.0 Å². The zero-order chi connectivity index (χ0) is 18.3. The van der Waals surface area contributed by atoms with Crippen molar-refractivity contribution in [2.24, 2.45) is 0 Å². The molecule has 3 aromatic rings. The van der Waals surface area contributed by atoms with E-state index in [9.17, 15) is 9.59 Å². The molecule has 0 amide bonds. The average Bonchev–Trinajstić information content (AvgIpc) is 3.34. The summed E-state index contributed by atoms with van der Waals surface area (Å²) in [5.74, 6) is -1.07. The Morgan fingerprint density at radius 3 is 3.00 bits per heavy atom. The maximum absolute atomic E-state index is 12.8. The van der Waals surface area contributed by atoms with Gasteiger partial charge in [0.25, 0.3) is 0 Å².